The molecular formula is C21H28N2O5S. The fourth-order valence-corrected chi connectivity index (χ4v) is 4.47. The molecule has 1 fully saturated rings. The molecule has 2 heterocycles. The first-order chi connectivity index (χ1) is 14.1. The van der Waals surface area contributed by atoms with Gasteiger partial charge in [-0.05, 0) is 38.5 Å². The SMILES string of the molecule is CCCCOC(=O)c1csc2ncn(C(CC)C(=O)OC3CCCCC3)c(=O)c12. The van der Waals surface area contributed by atoms with Crippen LogP contribution in [0.15, 0.2) is 16.5 Å². The number of unbranched alkanes of at least 4 members (excludes halogenated alkanes) is 1. The maximum atomic E-state index is 13.2. The van der Waals surface area contributed by atoms with Gasteiger partial charge in [0.15, 0.2) is 0 Å². The van der Waals surface area contributed by atoms with Crippen LogP contribution < -0.4 is 5.56 Å². The van der Waals surface area contributed by atoms with Crippen molar-refractivity contribution in [1.29, 1.82) is 0 Å². The van der Waals surface area contributed by atoms with Crippen molar-refractivity contribution in [1.82, 2.24) is 9.55 Å². The van der Waals surface area contributed by atoms with Crippen molar-refractivity contribution in [3.05, 3.63) is 27.6 Å². The average Bonchev–Trinajstić information content (AvgIpc) is 3.16. The van der Waals surface area contributed by atoms with Crippen molar-refractivity contribution in [2.24, 2.45) is 0 Å². The van der Waals surface area contributed by atoms with Crippen LogP contribution in [0.4, 0.5) is 0 Å². The van der Waals surface area contributed by atoms with E-state index in [2.05, 4.69) is 4.98 Å². The molecule has 0 N–H and O–H groups in total. The molecule has 1 atom stereocenters. The molecular weight excluding hydrogens is 392 g/mol. The molecule has 2 aromatic rings. The summed E-state index contributed by atoms with van der Waals surface area (Å²) in [4.78, 5) is 43.1. The number of carbonyl (C=O) groups excluding carboxylic acids is 2. The summed E-state index contributed by atoms with van der Waals surface area (Å²) < 4.78 is 12.2. The lowest BCUT2D eigenvalue weighted by molar-refractivity contribution is -0.154. The van der Waals surface area contributed by atoms with E-state index < -0.39 is 23.5 Å². The molecule has 0 aromatic carbocycles. The number of ether oxygens (including phenoxy) is 2. The minimum atomic E-state index is -0.759. The highest BCUT2D eigenvalue weighted by molar-refractivity contribution is 7.17. The van der Waals surface area contributed by atoms with Gasteiger partial charge in [0.25, 0.3) is 5.56 Å². The van der Waals surface area contributed by atoms with Gasteiger partial charge in [-0.15, -0.1) is 11.3 Å². The average molecular weight is 421 g/mol. The van der Waals surface area contributed by atoms with Crippen LogP contribution >= 0.6 is 11.3 Å². The molecule has 1 unspecified atom stereocenters. The molecule has 7 nitrogen and oxygen atoms in total. The van der Waals surface area contributed by atoms with Gasteiger partial charge in [-0.25, -0.2) is 14.6 Å². The topological polar surface area (TPSA) is 87.5 Å². The van der Waals surface area contributed by atoms with Crippen LogP contribution in [0.5, 0.6) is 0 Å². The number of hydrogen-bond acceptors (Lipinski definition) is 7. The number of fused-ring (bicyclic) bond motifs is 1. The zero-order valence-electron chi connectivity index (χ0n) is 17.0. The Morgan fingerprint density at radius 2 is 2.03 bits per heavy atom. The summed E-state index contributed by atoms with van der Waals surface area (Å²) in [7, 11) is 0. The summed E-state index contributed by atoms with van der Waals surface area (Å²) in [5, 5.41) is 1.81. The van der Waals surface area contributed by atoms with Gasteiger partial charge < -0.3 is 9.47 Å². The molecule has 0 amide bonds. The fraction of sp³-hybridized carbons (Fsp3) is 0.619. The van der Waals surface area contributed by atoms with E-state index in [0.29, 0.717) is 17.9 Å². The largest absolute Gasteiger partial charge is 0.462 e. The van der Waals surface area contributed by atoms with E-state index in [-0.39, 0.29) is 17.1 Å². The lowest BCUT2D eigenvalue weighted by Crippen LogP contribution is -2.33. The maximum Gasteiger partial charge on any atom is 0.339 e. The van der Waals surface area contributed by atoms with Crippen LogP contribution in [0.3, 0.4) is 0 Å². The molecule has 8 heteroatoms. The van der Waals surface area contributed by atoms with E-state index >= 15 is 0 Å². The molecule has 0 spiro atoms. The molecule has 0 radical (unpaired) electrons. The Bertz CT molecular complexity index is 913. The second-order valence-corrected chi connectivity index (χ2v) is 8.26. The molecule has 29 heavy (non-hydrogen) atoms. The van der Waals surface area contributed by atoms with E-state index in [1.165, 1.54) is 28.7 Å². The van der Waals surface area contributed by atoms with E-state index in [0.717, 1.165) is 38.5 Å². The quantitative estimate of drug-likeness (QED) is 0.469. The number of carbonyl (C=O) groups is 2. The van der Waals surface area contributed by atoms with Gasteiger partial charge in [-0.1, -0.05) is 26.7 Å². The summed E-state index contributed by atoms with van der Waals surface area (Å²) in [6.07, 6.45) is 8.39. The normalized spacial score (nSPS) is 15.9. The second kappa shape index (κ2) is 10.0. The first kappa shape index (κ1) is 21.5. The zero-order chi connectivity index (χ0) is 20.8. The third kappa shape index (κ3) is 4.86. The Hall–Kier alpha value is -2.22. The number of hydrogen-bond donors (Lipinski definition) is 0. The number of rotatable bonds is 8. The maximum absolute atomic E-state index is 13.2. The Labute approximate surface area is 174 Å². The molecule has 3 rings (SSSR count). The number of thiophene rings is 1. The summed E-state index contributed by atoms with van der Waals surface area (Å²) in [5.41, 5.74) is -0.199. The Kier molecular flexibility index (Phi) is 7.41. The van der Waals surface area contributed by atoms with Crippen LogP contribution in [-0.4, -0.2) is 34.2 Å². The Morgan fingerprint density at radius 1 is 1.28 bits per heavy atom. The fourth-order valence-electron chi connectivity index (χ4n) is 3.61. The third-order valence-corrected chi connectivity index (χ3v) is 6.19. The van der Waals surface area contributed by atoms with Gasteiger partial charge in [0.05, 0.1) is 23.9 Å². The summed E-state index contributed by atoms with van der Waals surface area (Å²) >= 11 is 1.22. The molecule has 0 aliphatic heterocycles. The van der Waals surface area contributed by atoms with Crippen molar-refractivity contribution in [2.45, 2.75) is 77.4 Å². The van der Waals surface area contributed by atoms with Gasteiger partial charge in [0.1, 0.15) is 17.0 Å². The molecule has 1 aliphatic carbocycles. The van der Waals surface area contributed by atoms with E-state index in [9.17, 15) is 14.4 Å². The molecule has 0 saturated heterocycles. The third-order valence-electron chi connectivity index (χ3n) is 5.30. The summed E-state index contributed by atoms with van der Waals surface area (Å²) in [6, 6.07) is -0.759. The zero-order valence-corrected chi connectivity index (χ0v) is 17.8. The highest BCUT2D eigenvalue weighted by atomic mass is 32.1. The van der Waals surface area contributed by atoms with E-state index in [1.54, 1.807) is 5.38 Å². The van der Waals surface area contributed by atoms with Crippen molar-refractivity contribution in [3.63, 3.8) is 0 Å². The lowest BCUT2D eigenvalue weighted by atomic mass is 9.98. The molecule has 0 bridgehead atoms. The lowest BCUT2D eigenvalue weighted by Gasteiger charge is -2.25. The van der Waals surface area contributed by atoms with Crippen molar-refractivity contribution in [3.8, 4) is 0 Å². The van der Waals surface area contributed by atoms with Crippen LogP contribution in [0.25, 0.3) is 10.2 Å². The smallest absolute Gasteiger partial charge is 0.339 e. The number of aromatic nitrogens is 2. The van der Waals surface area contributed by atoms with Gasteiger partial charge in [0.2, 0.25) is 0 Å². The predicted octanol–water partition coefficient (Wildman–Crippen LogP) is 4.24. The van der Waals surface area contributed by atoms with Crippen molar-refractivity contribution in [2.75, 3.05) is 6.61 Å². The molecule has 1 aliphatic rings. The van der Waals surface area contributed by atoms with Gasteiger partial charge >= 0.3 is 11.9 Å². The molecule has 2 aromatic heterocycles. The highest BCUT2D eigenvalue weighted by Crippen LogP contribution is 2.25. The molecule has 1 saturated carbocycles. The molecule has 158 valence electrons. The highest BCUT2D eigenvalue weighted by Gasteiger charge is 2.27. The van der Waals surface area contributed by atoms with E-state index in [4.69, 9.17) is 9.47 Å². The Morgan fingerprint density at radius 3 is 2.72 bits per heavy atom. The van der Waals surface area contributed by atoms with E-state index in [1.807, 2.05) is 13.8 Å². The van der Waals surface area contributed by atoms with Crippen molar-refractivity contribution < 1.29 is 19.1 Å². The monoisotopic (exact) mass is 420 g/mol. The van der Waals surface area contributed by atoms with Gasteiger partial charge in [-0.3, -0.25) is 9.36 Å². The summed E-state index contributed by atoms with van der Waals surface area (Å²) in [6.45, 7) is 4.15. The van der Waals surface area contributed by atoms with Gasteiger partial charge in [0, 0.05) is 5.38 Å². The first-order valence-electron chi connectivity index (χ1n) is 10.4. The van der Waals surface area contributed by atoms with Crippen LogP contribution in [0.1, 0.15) is 81.6 Å². The van der Waals surface area contributed by atoms with Crippen LogP contribution in [0, 0.1) is 0 Å². The van der Waals surface area contributed by atoms with Gasteiger partial charge in [-0.2, -0.15) is 0 Å². The number of nitrogens with zero attached hydrogens (tertiary/aromatic N) is 2. The first-order valence-corrected chi connectivity index (χ1v) is 11.3. The minimum absolute atomic E-state index is 0.0806. The minimum Gasteiger partial charge on any atom is -0.462 e. The summed E-state index contributed by atoms with van der Waals surface area (Å²) in [5.74, 6) is -0.941. The van der Waals surface area contributed by atoms with Crippen molar-refractivity contribution >= 4 is 33.5 Å². The Balaban J connectivity index is 1.86. The van der Waals surface area contributed by atoms with Crippen LogP contribution in [0.2, 0.25) is 0 Å². The van der Waals surface area contributed by atoms with Crippen LogP contribution in [-0.2, 0) is 14.3 Å². The number of esters is 2. The standard InChI is InChI=1S/C21H28N2O5S/c1-3-5-11-27-20(25)15-12-29-18-17(15)19(24)23(13-22-18)16(4-2)21(26)28-14-9-7-6-8-10-14/h12-14,16H,3-11H2,1-2H3. The second-order valence-electron chi connectivity index (χ2n) is 7.40. The predicted molar refractivity (Wildman–Crippen MR) is 111 cm³/mol.